The number of hydrogen-bond donors (Lipinski definition) is 1. The van der Waals surface area contributed by atoms with Crippen molar-refractivity contribution < 1.29 is 9.84 Å². The highest BCUT2D eigenvalue weighted by atomic mass is 16.5. The molecule has 1 saturated heterocycles. The lowest BCUT2D eigenvalue weighted by Gasteiger charge is -2.32. The van der Waals surface area contributed by atoms with Crippen LogP contribution in [-0.2, 0) is 24.3 Å². The number of pyridine rings is 1. The van der Waals surface area contributed by atoms with Crippen LogP contribution in [0.5, 0.6) is 0 Å². The van der Waals surface area contributed by atoms with Crippen molar-refractivity contribution in [2.45, 2.75) is 64.4 Å². The fraction of sp³-hybridized carbons (Fsp3) is 0.522. The second kappa shape index (κ2) is 9.45. The second-order valence-corrected chi connectivity index (χ2v) is 8.26. The first kappa shape index (κ1) is 20.0. The van der Waals surface area contributed by atoms with Crippen LogP contribution in [0.3, 0.4) is 0 Å². The van der Waals surface area contributed by atoms with E-state index in [9.17, 15) is 5.11 Å². The zero-order chi connectivity index (χ0) is 19.1. The summed E-state index contributed by atoms with van der Waals surface area (Å²) in [6, 6.07) is 14.8. The average molecular weight is 369 g/mol. The first-order chi connectivity index (χ1) is 13.0. The fourth-order valence-electron chi connectivity index (χ4n) is 3.50. The third kappa shape index (κ3) is 7.06. The van der Waals surface area contributed by atoms with E-state index < -0.39 is 5.60 Å². The third-order valence-electron chi connectivity index (χ3n) is 5.11. The summed E-state index contributed by atoms with van der Waals surface area (Å²) in [7, 11) is 0. The minimum Gasteiger partial charge on any atom is -0.390 e. The Bertz CT molecular complexity index is 680. The molecule has 0 aliphatic carbocycles. The smallest absolute Gasteiger partial charge is 0.0892 e. The highest BCUT2D eigenvalue weighted by molar-refractivity contribution is 5.23. The van der Waals surface area contributed by atoms with Crippen molar-refractivity contribution in [1.29, 1.82) is 0 Å². The Morgan fingerprint density at radius 2 is 1.93 bits per heavy atom. The summed E-state index contributed by atoms with van der Waals surface area (Å²) in [5, 5.41) is 9.87. The zero-order valence-electron chi connectivity index (χ0n) is 16.6. The van der Waals surface area contributed by atoms with E-state index in [1.54, 1.807) is 0 Å². The molecule has 0 radical (unpaired) electrons. The Kier molecular flexibility index (Phi) is 7.00. The number of aryl methyl sites for hydroxylation is 1. The molecule has 146 valence electrons. The van der Waals surface area contributed by atoms with Gasteiger partial charge >= 0.3 is 0 Å². The largest absolute Gasteiger partial charge is 0.390 e. The Morgan fingerprint density at radius 1 is 1.15 bits per heavy atom. The molecule has 1 aromatic heterocycles. The van der Waals surface area contributed by atoms with Gasteiger partial charge in [0, 0.05) is 19.3 Å². The van der Waals surface area contributed by atoms with E-state index in [1.165, 1.54) is 17.5 Å². The van der Waals surface area contributed by atoms with Crippen molar-refractivity contribution in [3.05, 3.63) is 65.5 Å². The molecule has 1 atom stereocenters. The topological polar surface area (TPSA) is 45.6 Å². The van der Waals surface area contributed by atoms with Crippen molar-refractivity contribution in [3.63, 3.8) is 0 Å². The highest BCUT2D eigenvalue weighted by Gasteiger charge is 2.20. The van der Waals surface area contributed by atoms with Crippen LogP contribution in [-0.4, -0.2) is 39.8 Å². The lowest BCUT2D eigenvalue weighted by molar-refractivity contribution is -0.0132. The summed E-state index contributed by atoms with van der Waals surface area (Å²) in [5.74, 6) is 0. The van der Waals surface area contributed by atoms with Gasteiger partial charge in [-0.1, -0.05) is 30.3 Å². The van der Waals surface area contributed by atoms with Gasteiger partial charge in [-0.25, -0.2) is 0 Å². The SMILES string of the molecule is CC(C)(O)CCc1ccc(CN2CCCC(OCc3ccccn3)C2)cc1. The quantitative estimate of drug-likeness (QED) is 0.766. The first-order valence-electron chi connectivity index (χ1n) is 10.0. The van der Waals surface area contributed by atoms with E-state index in [0.717, 1.165) is 44.6 Å². The van der Waals surface area contributed by atoms with Gasteiger partial charge in [-0.3, -0.25) is 9.88 Å². The maximum absolute atomic E-state index is 9.87. The molecule has 4 heteroatoms. The van der Waals surface area contributed by atoms with Crippen LogP contribution in [0, 0.1) is 0 Å². The van der Waals surface area contributed by atoms with E-state index in [1.807, 2.05) is 38.2 Å². The van der Waals surface area contributed by atoms with Gasteiger partial charge in [0.05, 0.1) is 24.0 Å². The predicted molar refractivity (Wildman–Crippen MR) is 108 cm³/mol. The molecule has 4 nitrogen and oxygen atoms in total. The van der Waals surface area contributed by atoms with Gasteiger partial charge < -0.3 is 9.84 Å². The summed E-state index contributed by atoms with van der Waals surface area (Å²) in [4.78, 5) is 6.82. The van der Waals surface area contributed by atoms with Crippen LogP contribution in [0.25, 0.3) is 0 Å². The van der Waals surface area contributed by atoms with Crippen LogP contribution in [0.15, 0.2) is 48.7 Å². The number of aromatic nitrogens is 1. The lowest BCUT2D eigenvalue weighted by atomic mass is 9.98. The molecule has 0 spiro atoms. The molecule has 1 aliphatic heterocycles. The maximum atomic E-state index is 9.87. The Hall–Kier alpha value is -1.75. The molecular formula is C23H32N2O2. The summed E-state index contributed by atoms with van der Waals surface area (Å²) in [5.41, 5.74) is 3.02. The molecule has 1 unspecified atom stereocenters. The van der Waals surface area contributed by atoms with Crippen molar-refractivity contribution in [1.82, 2.24) is 9.88 Å². The molecule has 27 heavy (non-hydrogen) atoms. The number of piperidine rings is 1. The number of aliphatic hydroxyl groups is 1. The average Bonchev–Trinajstić information content (AvgIpc) is 2.66. The molecule has 0 amide bonds. The second-order valence-electron chi connectivity index (χ2n) is 8.26. The fourth-order valence-corrected chi connectivity index (χ4v) is 3.50. The van der Waals surface area contributed by atoms with Crippen LogP contribution in [0.2, 0.25) is 0 Å². The Labute approximate surface area is 163 Å². The minimum absolute atomic E-state index is 0.284. The van der Waals surface area contributed by atoms with Gasteiger partial charge in [-0.2, -0.15) is 0 Å². The maximum Gasteiger partial charge on any atom is 0.0892 e. The number of rotatable bonds is 8. The third-order valence-corrected chi connectivity index (χ3v) is 5.11. The normalized spacial score (nSPS) is 18.6. The van der Waals surface area contributed by atoms with Crippen molar-refractivity contribution in [2.75, 3.05) is 13.1 Å². The van der Waals surface area contributed by atoms with Crippen LogP contribution in [0.1, 0.15) is 49.9 Å². The number of benzene rings is 1. The lowest BCUT2D eigenvalue weighted by Crippen LogP contribution is -2.39. The van der Waals surface area contributed by atoms with E-state index in [0.29, 0.717) is 6.61 Å². The summed E-state index contributed by atoms with van der Waals surface area (Å²) in [6.07, 6.45) is 6.10. The Morgan fingerprint density at radius 3 is 2.63 bits per heavy atom. The molecule has 1 aliphatic rings. The molecule has 1 fully saturated rings. The van der Waals surface area contributed by atoms with Gasteiger partial charge in [0.1, 0.15) is 0 Å². The summed E-state index contributed by atoms with van der Waals surface area (Å²) >= 11 is 0. The molecule has 0 bridgehead atoms. The summed E-state index contributed by atoms with van der Waals surface area (Å²) < 4.78 is 6.09. The van der Waals surface area contributed by atoms with Gasteiger partial charge in [0.15, 0.2) is 0 Å². The van der Waals surface area contributed by atoms with Crippen molar-refractivity contribution in [2.24, 2.45) is 0 Å². The van der Waals surface area contributed by atoms with Crippen molar-refractivity contribution in [3.8, 4) is 0 Å². The zero-order valence-corrected chi connectivity index (χ0v) is 16.6. The molecule has 2 aromatic rings. The standard InChI is InChI=1S/C23H32N2O2/c1-23(2,26)13-12-19-8-10-20(11-9-19)16-25-15-5-7-22(17-25)27-18-21-6-3-4-14-24-21/h3-4,6,8-11,14,22,26H,5,7,12-13,15-18H2,1-2H3. The molecule has 2 heterocycles. The van der Waals surface area contributed by atoms with E-state index >= 15 is 0 Å². The highest BCUT2D eigenvalue weighted by Crippen LogP contribution is 2.18. The number of hydrogen-bond acceptors (Lipinski definition) is 4. The monoisotopic (exact) mass is 368 g/mol. The molecule has 3 rings (SSSR count). The van der Waals surface area contributed by atoms with Crippen LogP contribution in [0.4, 0.5) is 0 Å². The first-order valence-corrected chi connectivity index (χ1v) is 10.0. The number of ether oxygens (including phenoxy) is 1. The minimum atomic E-state index is -0.600. The van der Waals surface area contributed by atoms with Gasteiger partial charge in [-0.15, -0.1) is 0 Å². The van der Waals surface area contributed by atoms with Gasteiger partial charge in [0.25, 0.3) is 0 Å². The van der Waals surface area contributed by atoms with Gasteiger partial charge in [0.2, 0.25) is 0 Å². The molecular weight excluding hydrogens is 336 g/mol. The van der Waals surface area contributed by atoms with E-state index in [-0.39, 0.29) is 6.10 Å². The molecule has 1 N–H and O–H groups in total. The number of nitrogens with zero attached hydrogens (tertiary/aromatic N) is 2. The predicted octanol–water partition coefficient (Wildman–Crippen LogP) is 3.97. The Balaban J connectivity index is 1.45. The van der Waals surface area contributed by atoms with Crippen LogP contribution < -0.4 is 0 Å². The van der Waals surface area contributed by atoms with E-state index in [4.69, 9.17) is 4.74 Å². The van der Waals surface area contributed by atoms with Gasteiger partial charge in [-0.05, 0) is 69.3 Å². The molecule has 1 aromatic carbocycles. The summed E-state index contributed by atoms with van der Waals surface area (Å²) in [6.45, 7) is 7.40. The van der Waals surface area contributed by atoms with E-state index in [2.05, 4.69) is 34.1 Å². The van der Waals surface area contributed by atoms with Crippen molar-refractivity contribution >= 4 is 0 Å². The molecule has 0 saturated carbocycles. The number of likely N-dealkylation sites (tertiary alicyclic amines) is 1. The van der Waals surface area contributed by atoms with Crippen LogP contribution >= 0.6 is 0 Å².